The molecule has 2 aromatic carbocycles. The van der Waals surface area contributed by atoms with Crippen LogP contribution in [-0.4, -0.2) is 22.5 Å². The Kier molecular flexibility index (Phi) is 4.02. The van der Waals surface area contributed by atoms with Gasteiger partial charge in [-0.3, -0.25) is 4.79 Å². The fourth-order valence-electron chi connectivity index (χ4n) is 2.40. The standard InChI is InChI=1S/C17H15ClN2O2/c18-14-9-11(5-6-16(14)21)17(22)19-8-7-12-10-20-15-4-2-1-3-13(12)15/h1-6,9-10,20-21H,7-8H2,(H,19,22). The van der Waals surface area contributed by atoms with Crippen molar-refractivity contribution in [1.82, 2.24) is 10.3 Å². The third-order valence-electron chi connectivity index (χ3n) is 3.56. The Labute approximate surface area is 132 Å². The number of halogens is 1. The first-order valence-corrected chi connectivity index (χ1v) is 7.34. The normalized spacial score (nSPS) is 10.8. The van der Waals surface area contributed by atoms with Crippen molar-refractivity contribution in [3.63, 3.8) is 0 Å². The monoisotopic (exact) mass is 314 g/mol. The lowest BCUT2D eigenvalue weighted by Gasteiger charge is -2.06. The van der Waals surface area contributed by atoms with Gasteiger partial charge in [-0.1, -0.05) is 29.8 Å². The number of hydrogen-bond donors (Lipinski definition) is 3. The molecule has 0 saturated heterocycles. The van der Waals surface area contributed by atoms with Gasteiger partial charge in [0.1, 0.15) is 5.75 Å². The summed E-state index contributed by atoms with van der Waals surface area (Å²) < 4.78 is 0. The van der Waals surface area contributed by atoms with Crippen molar-refractivity contribution in [3.8, 4) is 5.75 Å². The Morgan fingerprint density at radius 2 is 2.05 bits per heavy atom. The first-order chi connectivity index (χ1) is 10.6. The molecule has 112 valence electrons. The number of fused-ring (bicyclic) bond motifs is 1. The molecule has 0 bridgehead atoms. The number of carbonyl (C=O) groups is 1. The average molecular weight is 315 g/mol. The van der Waals surface area contributed by atoms with Crippen LogP contribution in [0, 0.1) is 0 Å². The van der Waals surface area contributed by atoms with E-state index in [0.29, 0.717) is 12.1 Å². The fourth-order valence-corrected chi connectivity index (χ4v) is 2.58. The molecule has 3 rings (SSSR count). The number of benzene rings is 2. The number of aromatic amines is 1. The average Bonchev–Trinajstić information content (AvgIpc) is 2.93. The number of amides is 1. The number of hydrogen-bond acceptors (Lipinski definition) is 2. The minimum atomic E-state index is -0.207. The zero-order valence-electron chi connectivity index (χ0n) is 11.8. The van der Waals surface area contributed by atoms with Crippen molar-refractivity contribution in [2.45, 2.75) is 6.42 Å². The molecular weight excluding hydrogens is 300 g/mol. The number of H-pyrrole nitrogens is 1. The minimum absolute atomic E-state index is 0.0305. The SMILES string of the molecule is O=C(NCCc1c[nH]c2ccccc12)c1ccc(O)c(Cl)c1. The lowest BCUT2D eigenvalue weighted by molar-refractivity contribution is 0.0954. The molecule has 1 aromatic heterocycles. The van der Waals surface area contributed by atoms with Gasteiger partial charge in [-0.05, 0) is 36.2 Å². The highest BCUT2D eigenvalue weighted by atomic mass is 35.5. The molecule has 0 radical (unpaired) electrons. The minimum Gasteiger partial charge on any atom is -0.506 e. The molecule has 0 aliphatic heterocycles. The maximum atomic E-state index is 12.0. The second-order valence-electron chi connectivity index (χ2n) is 5.03. The zero-order valence-corrected chi connectivity index (χ0v) is 12.5. The summed E-state index contributed by atoms with van der Waals surface area (Å²) >= 11 is 5.80. The lowest BCUT2D eigenvalue weighted by Crippen LogP contribution is -2.25. The first kappa shape index (κ1) is 14.5. The molecule has 3 N–H and O–H groups in total. The molecule has 1 amide bonds. The van der Waals surface area contributed by atoms with Crippen LogP contribution in [0.3, 0.4) is 0 Å². The summed E-state index contributed by atoms with van der Waals surface area (Å²) in [4.78, 5) is 15.3. The van der Waals surface area contributed by atoms with Crippen LogP contribution in [0.1, 0.15) is 15.9 Å². The van der Waals surface area contributed by atoms with E-state index in [9.17, 15) is 9.90 Å². The van der Waals surface area contributed by atoms with Gasteiger partial charge >= 0.3 is 0 Å². The molecule has 4 nitrogen and oxygen atoms in total. The maximum absolute atomic E-state index is 12.0. The van der Waals surface area contributed by atoms with Crippen molar-refractivity contribution < 1.29 is 9.90 Å². The van der Waals surface area contributed by atoms with Crippen LogP contribution < -0.4 is 5.32 Å². The number of nitrogens with one attached hydrogen (secondary N) is 2. The highest BCUT2D eigenvalue weighted by molar-refractivity contribution is 6.32. The van der Waals surface area contributed by atoms with Gasteiger partial charge in [-0.25, -0.2) is 0 Å². The highest BCUT2D eigenvalue weighted by Gasteiger charge is 2.08. The number of phenols is 1. The molecule has 0 fully saturated rings. The summed E-state index contributed by atoms with van der Waals surface area (Å²) in [7, 11) is 0. The molecule has 1 heterocycles. The lowest BCUT2D eigenvalue weighted by atomic mass is 10.1. The van der Waals surface area contributed by atoms with E-state index >= 15 is 0 Å². The van der Waals surface area contributed by atoms with Crippen LogP contribution in [-0.2, 0) is 6.42 Å². The second-order valence-corrected chi connectivity index (χ2v) is 5.44. The number of aromatic nitrogens is 1. The zero-order chi connectivity index (χ0) is 15.5. The van der Waals surface area contributed by atoms with Gasteiger partial charge in [0.05, 0.1) is 5.02 Å². The van der Waals surface area contributed by atoms with Crippen molar-refractivity contribution in [3.05, 3.63) is 64.8 Å². The van der Waals surface area contributed by atoms with Crippen molar-refractivity contribution in [2.24, 2.45) is 0 Å². The first-order valence-electron chi connectivity index (χ1n) is 6.97. The molecule has 0 unspecified atom stereocenters. The highest BCUT2D eigenvalue weighted by Crippen LogP contribution is 2.23. The van der Waals surface area contributed by atoms with Crippen molar-refractivity contribution in [2.75, 3.05) is 6.54 Å². The smallest absolute Gasteiger partial charge is 0.251 e. The molecule has 0 aliphatic rings. The van der Waals surface area contributed by atoms with Gasteiger partial charge in [0.15, 0.2) is 0 Å². The van der Waals surface area contributed by atoms with E-state index in [4.69, 9.17) is 11.6 Å². The summed E-state index contributed by atoms with van der Waals surface area (Å²) in [5, 5.41) is 13.6. The van der Waals surface area contributed by atoms with Crippen LogP contribution in [0.5, 0.6) is 5.75 Å². The molecule has 0 spiro atoms. The Balaban J connectivity index is 1.63. The summed E-state index contributed by atoms with van der Waals surface area (Å²) in [6.45, 7) is 0.527. The number of carbonyl (C=O) groups excluding carboxylic acids is 1. The number of para-hydroxylation sites is 1. The quantitative estimate of drug-likeness (QED) is 0.690. The van der Waals surface area contributed by atoms with Gasteiger partial charge in [-0.15, -0.1) is 0 Å². The van der Waals surface area contributed by atoms with Crippen LogP contribution >= 0.6 is 11.6 Å². The van der Waals surface area contributed by atoms with Gasteiger partial charge < -0.3 is 15.4 Å². The van der Waals surface area contributed by atoms with E-state index < -0.39 is 0 Å². The summed E-state index contributed by atoms with van der Waals surface area (Å²) in [5.74, 6) is -0.237. The van der Waals surface area contributed by atoms with Gasteiger partial charge in [-0.2, -0.15) is 0 Å². The number of rotatable bonds is 4. The molecular formula is C17H15ClN2O2. The third-order valence-corrected chi connectivity index (χ3v) is 3.87. The fraction of sp³-hybridized carbons (Fsp3) is 0.118. The van der Waals surface area contributed by atoms with E-state index in [0.717, 1.165) is 11.9 Å². The topological polar surface area (TPSA) is 65.1 Å². The Bertz CT molecular complexity index is 826. The van der Waals surface area contributed by atoms with Crippen LogP contribution in [0.25, 0.3) is 10.9 Å². The Morgan fingerprint density at radius 1 is 1.23 bits per heavy atom. The predicted octanol–water partition coefficient (Wildman–Crippen LogP) is 3.50. The van der Waals surface area contributed by atoms with Crippen LogP contribution in [0.15, 0.2) is 48.7 Å². The van der Waals surface area contributed by atoms with Crippen molar-refractivity contribution in [1.29, 1.82) is 0 Å². The second kappa shape index (κ2) is 6.12. The molecule has 3 aromatic rings. The van der Waals surface area contributed by atoms with Crippen LogP contribution in [0.2, 0.25) is 5.02 Å². The predicted molar refractivity (Wildman–Crippen MR) is 87.5 cm³/mol. The third kappa shape index (κ3) is 2.92. The van der Waals surface area contributed by atoms with Gasteiger partial charge in [0.25, 0.3) is 5.91 Å². The Morgan fingerprint density at radius 3 is 2.86 bits per heavy atom. The maximum Gasteiger partial charge on any atom is 0.251 e. The van der Waals surface area contributed by atoms with E-state index in [-0.39, 0.29) is 16.7 Å². The Hall–Kier alpha value is -2.46. The molecule has 22 heavy (non-hydrogen) atoms. The van der Waals surface area contributed by atoms with Gasteiger partial charge in [0.2, 0.25) is 0 Å². The summed E-state index contributed by atoms with van der Waals surface area (Å²) in [6, 6.07) is 12.5. The van der Waals surface area contributed by atoms with E-state index in [1.165, 1.54) is 23.1 Å². The molecule has 0 aliphatic carbocycles. The molecule has 0 saturated carbocycles. The summed E-state index contributed by atoms with van der Waals surface area (Å²) in [5.41, 5.74) is 2.69. The van der Waals surface area contributed by atoms with E-state index in [1.54, 1.807) is 6.07 Å². The molecule has 5 heteroatoms. The van der Waals surface area contributed by atoms with Crippen molar-refractivity contribution >= 4 is 28.4 Å². The number of phenolic OH excluding ortho intramolecular Hbond substituents is 1. The van der Waals surface area contributed by atoms with E-state index in [1.807, 2.05) is 24.4 Å². The summed E-state index contributed by atoms with van der Waals surface area (Å²) in [6.07, 6.45) is 2.70. The molecule has 0 atom stereocenters. The van der Waals surface area contributed by atoms with Crippen LogP contribution in [0.4, 0.5) is 0 Å². The van der Waals surface area contributed by atoms with E-state index in [2.05, 4.69) is 16.4 Å². The van der Waals surface area contributed by atoms with Gasteiger partial charge in [0, 0.05) is 29.2 Å². The largest absolute Gasteiger partial charge is 0.506 e. The number of aromatic hydroxyl groups is 1.